The second kappa shape index (κ2) is 40.9. The summed E-state index contributed by atoms with van der Waals surface area (Å²) in [6.07, 6.45) is 4.42. The largest absolute Gasteiger partial charge is 0.396 e. The number of hydrogen-bond donors (Lipinski definition) is 7. The van der Waals surface area contributed by atoms with E-state index in [4.69, 9.17) is 0 Å². The molecule has 0 rings (SSSR count). The topological polar surface area (TPSA) is 308 Å². The third kappa shape index (κ3) is 27.4. The molecule has 24 nitrogen and oxygen atoms in total. The first-order chi connectivity index (χ1) is 40.5. The van der Waals surface area contributed by atoms with E-state index in [2.05, 4.69) is 26.6 Å². The lowest BCUT2D eigenvalue weighted by Crippen LogP contribution is -2.62. The number of thioether (sulfide) groups is 1. The van der Waals surface area contributed by atoms with Crippen molar-refractivity contribution in [3.8, 4) is 0 Å². The number of likely N-dealkylation sites (N-methyl/N-ethyl adjacent to an activating group) is 6. The highest BCUT2D eigenvalue weighted by Crippen LogP contribution is 2.23. The molecule has 0 saturated carbocycles. The minimum Gasteiger partial charge on any atom is -0.396 e. The van der Waals surface area contributed by atoms with Crippen LogP contribution in [0.1, 0.15) is 168 Å². The van der Waals surface area contributed by atoms with Gasteiger partial charge in [-0.1, -0.05) is 95.9 Å². The van der Waals surface area contributed by atoms with Crippen molar-refractivity contribution in [1.82, 2.24) is 56.0 Å². The van der Waals surface area contributed by atoms with Gasteiger partial charge in [-0.25, -0.2) is 4.79 Å². The normalized spacial score (nSPS) is 15.0. The molecule has 12 amide bonds. The number of nitrogens with one attached hydrogen (secondary N) is 5. The maximum absolute atomic E-state index is 15.0. The first-order valence-electron chi connectivity index (χ1n) is 31.3. The summed E-state index contributed by atoms with van der Waals surface area (Å²) in [5.74, 6) is -5.96. The summed E-state index contributed by atoms with van der Waals surface area (Å²) in [7, 11) is 10.1. The van der Waals surface area contributed by atoms with Gasteiger partial charge in [0.25, 0.3) is 5.91 Å². The summed E-state index contributed by atoms with van der Waals surface area (Å²) in [5, 5.41) is 32.4. The number of rotatable bonds is 40. The van der Waals surface area contributed by atoms with Crippen molar-refractivity contribution in [2.45, 2.75) is 222 Å². The molecule has 10 atom stereocenters. The van der Waals surface area contributed by atoms with Crippen molar-refractivity contribution in [2.24, 2.45) is 35.5 Å². The third-order valence-corrected chi connectivity index (χ3v) is 16.7. The molecular formula is C62H115N11O13S. The number of carbonyl (C=O) groups excluding carboxylic acids is 11. The number of urea groups is 1. The van der Waals surface area contributed by atoms with Crippen LogP contribution in [0.25, 0.3) is 0 Å². The van der Waals surface area contributed by atoms with Crippen LogP contribution < -0.4 is 26.6 Å². The molecule has 0 spiro atoms. The van der Waals surface area contributed by atoms with Gasteiger partial charge in [0.2, 0.25) is 53.2 Å². The summed E-state index contributed by atoms with van der Waals surface area (Å²) in [5.41, 5.74) is 0. The number of aliphatic hydroxyl groups excluding tert-OH is 2. The monoisotopic (exact) mass is 1250 g/mol. The number of nitrogens with zero attached hydrogens (tertiary/aromatic N) is 6. The summed E-state index contributed by atoms with van der Waals surface area (Å²) in [4.78, 5) is 162. The van der Waals surface area contributed by atoms with Gasteiger partial charge in [-0.3, -0.25) is 52.8 Å². The van der Waals surface area contributed by atoms with Crippen molar-refractivity contribution in [1.29, 1.82) is 0 Å². The van der Waals surface area contributed by atoms with E-state index in [9.17, 15) is 58.2 Å². The van der Waals surface area contributed by atoms with Gasteiger partial charge in [0, 0.05) is 74.7 Å². The Labute approximate surface area is 525 Å². The lowest BCUT2D eigenvalue weighted by atomic mass is 9.94. The van der Waals surface area contributed by atoms with Crippen LogP contribution in [0.15, 0.2) is 0 Å². The second-order valence-electron chi connectivity index (χ2n) is 25.5. The van der Waals surface area contributed by atoms with E-state index in [0.717, 1.165) is 11.3 Å². The van der Waals surface area contributed by atoms with Crippen molar-refractivity contribution in [2.75, 3.05) is 74.1 Å². The highest BCUT2D eigenvalue weighted by Gasteiger charge is 2.42. The Balaban J connectivity index is 6.94. The van der Waals surface area contributed by atoms with Crippen molar-refractivity contribution in [3.05, 3.63) is 0 Å². The zero-order chi connectivity index (χ0) is 67.3. The molecular weight excluding hydrogens is 1140 g/mol. The molecule has 87 heavy (non-hydrogen) atoms. The molecule has 0 aromatic carbocycles. The van der Waals surface area contributed by atoms with Crippen LogP contribution in [0.5, 0.6) is 0 Å². The fraction of sp³-hybridized carbons (Fsp3) is 0.823. The molecule has 0 saturated heterocycles. The summed E-state index contributed by atoms with van der Waals surface area (Å²) in [6.45, 7) is 25.1. The molecule has 0 radical (unpaired) electrons. The molecule has 502 valence electrons. The maximum Gasteiger partial charge on any atom is 0.323 e. The minimum absolute atomic E-state index is 0.00300. The summed E-state index contributed by atoms with van der Waals surface area (Å²) < 4.78 is 0. The third-order valence-electron chi connectivity index (χ3n) is 15.6. The number of aliphatic hydroxyl groups is 2. The summed E-state index contributed by atoms with van der Waals surface area (Å²) >= 11 is 1.39. The molecule has 7 N–H and O–H groups in total. The molecule has 0 aliphatic carbocycles. The minimum atomic E-state index is -1.21. The second-order valence-corrected chi connectivity index (χ2v) is 26.7. The number of unbranched alkanes of at least 4 members (excludes halogenated alkanes) is 2. The van der Waals surface area contributed by atoms with Crippen LogP contribution in [-0.4, -0.2) is 233 Å². The van der Waals surface area contributed by atoms with Gasteiger partial charge in [-0.05, 0) is 106 Å². The Hall–Kier alpha value is -5.56. The van der Waals surface area contributed by atoms with Gasteiger partial charge in [-0.15, -0.1) is 0 Å². The lowest BCUT2D eigenvalue weighted by molar-refractivity contribution is -0.149. The van der Waals surface area contributed by atoms with Gasteiger partial charge < -0.3 is 61.3 Å². The number of imide groups is 1. The van der Waals surface area contributed by atoms with E-state index < -0.39 is 119 Å². The number of hydrogen-bond acceptors (Lipinski definition) is 14. The van der Waals surface area contributed by atoms with E-state index in [0.29, 0.717) is 37.9 Å². The zero-order valence-electron chi connectivity index (χ0n) is 56.7. The molecule has 0 fully saturated rings. The van der Waals surface area contributed by atoms with Crippen molar-refractivity contribution >= 4 is 76.9 Å². The van der Waals surface area contributed by atoms with Gasteiger partial charge >= 0.3 is 6.03 Å². The van der Waals surface area contributed by atoms with Crippen LogP contribution >= 0.6 is 11.8 Å². The van der Waals surface area contributed by atoms with Crippen LogP contribution in [0, 0.1) is 35.5 Å². The van der Waals surface area contributed by atoms with Crippen LogP contribution in [0.4, 0.5) is 4.79 Å². The predicted molar refractivity (Wildman–Crippen MR) is 340 cm³/mol. The van der Waals surface area contributed by atoms with Gasteiger partial charge in [-0.2, -0.15) is 11.8 Å². The van der Waals surface area contributed by atoms with Gasteiger partial charge in [0.05, 0.1) is 0 Å². The fourth-order valence-corrected chi connectivity index (χ4v) is 11.1. The van der Waals surface area contributed by atoms with Gasteiger partial charge in [0.15, 0.2) is 0 Å². The summed E-state index contributed by atoms with van der Waals surface area (Å²) in [6, 6.07) is -10.7. The van der Waals surface area contributed by atoms with Crippen molar-refractivity contribution < 1.29 is 63.0 Å². The SMILES string of the molecule is CC[C@H](NC(=O)C(C[C@H](C)CCCCO)N(C)C(=O)CC(C)C)C(=O)N(C)[C@H](CSCCCCO)C(=O)N(C)[C@@H](CC(C)C)C(=O)N[C@H](C(=O)N(C)[C@@H](CC(C)C)C(=O)N[C@H](C)C(=O)N[C@@H](C)C(=O)N(C)[C@@H](CC(C)C)C(=O)N(C)C(=O)NC)C(C)C. The molecule has 0 bridgehead atoms. The number of amides is 12. The van der Waals surface area contributed by atoms with Crippen molar-refractivity contribution in [3.63, 3.8) is 0 Å². The Morgan fingerprint density at radius 2 is 0.897 bits per heavy atom. The van der Waals surface area contributed by atoms with Crippen LogP contribution in [-0.2, 0) is 47.9 Å². The Kier molecular flexibility index (Phi) is 38.3. The molecule has 1 unspecified atom stereocenters. The molecule has 25 heteroatoms. The quantitative estimate of drug-likeness (QED) is 0.0429. The van der Waals surface area contributed by atoms with E-state index in [-0.39, 0.29) is 86.6 Å². The lowest BCUT2D eigenvalue weighted by Gasteiger charge is -2.38. The van der Waals surface area contributed by atoms with Crippen LogP contribution in [0.2, 0.25) is 0 Å². The molecule has 0 heterocycles. The smallest absolute Gasteiger partial charge is 0.323 e. The van der Waals surface area contributed by atoms with E-state index in [1.807, 2.05) is 62.3 Å². The standard InChI is InChI=1S/C62H115N11O13S/c1-22-45(66-55(79)48(35-42(12)27-23-24-28-74)68(16)51(76)34-40(8)9)58(82)72(20)50(36-87-30-26-25-29-75)60(84)69(17)47(32-38(4)5)56(80)67-52(41(10)11)61(85)70(18)46(31-37(2)3)54(78)64-43(13)53(77)65-44(14)57(81)71(19)49(33-39(6)7)59(83)73(21)62(86)63-15/h37-50,52,74-75H,22-36H2,1-21H3,(H,63,86)(H,64,78)(H,65,77)(H,66,79)(H,67,80)/t42-,43-,44+,45+,46+,47+,48?,49+,50-,52+/m1/s1. The zero-order valence-corrected chi connectivity index (χ0v) is 57.6. The molecule has 0 aliphatic rings. The van der Waals surface area contributed by atoms with E-state index in [1.165, 1.54) is 92.4 Å². The average molecular weight is 1250 g/mol. The average Bonchev–Trinajstić information content (AvgIpc) is 1.54. The van der Waals surface area contributed by atoms with E-state index in [1.54, 1.807) is 27.8 Å². The highest BCUT2D eigenvalue weighted by atomic mass is 32.2. The number of carbonyl (C=O) groups is 11. The Morgan fingerprint density at radius 1 is 0.448 bits per heavy atom. The Morgan fingerprint density at radius 3 is 1.38 bits per heavy atom. The maximum atomic E-state index is 15.0. The first-order valence-corrected chi connectivity index (χ1v) is 32.5. The molecule has 0 aromatic rings. The van der Waals surface area contributed by atoms with E-state index >= 15 is 4.79 Å². The molecule has 0 aliphatic heterocycles. The fourth-order valence-electron chi connectivity index (χ4n) is 9.97. The molecule has 0 aromatic heterocycles. The Bertz CT molecular complexity index is 2220. The predicted octanol–water partition coefficient (Wildman–Crippen LogP) is 3.84. The highest BCUT2D eigenvalue weighted by molar-refractivity contribution is 7.99. The van der Waals surface area contributed by atoms with Gasteiger partial charge in [0.1, 0.15) is 54.4 Å². The van der Waals surface area contributed by atoms with Crippen LogP contribution in [0.3, 0.4) is 0 Å². The first kappa shape index (κ1) is 81.4.